The molecule has 4 rings (SSSR count). The minimum Gasteiger partial charge on any atom is -0.370 e. The average Bonchev–Trinajstić information content (AvgIpc) is 3.14. The van der Waals surface area contributed by atoms with E-state index >= 15 is 0 Å². The normalized spacial score (nSPS) is 18.1. The Balaban J connectivity index is 1.43. The lowest BCUT2D eigenvalue weighted by atomic mass is 9.92. The predicted molar refractivity (Wildman–Crippen MR) is 142 cm³/mol. The zero-order valence-electron chi connectivity index (χ0n) is 20.1. The summed E-state index contributed by atoms with van der Waals surface area (Å²) in [6.45, 7) is 5.07. The number of nitrogens with zero attached hydrogens (tertiary/aromatic N) is 2. The number of benzene rings is 2. The molecule has 2 saturated heterocycles. The summed E-state index contributed by atoms with van der Waals surface area (Å²) in [5.41, 5.74) is 2.00. The molecule has 9 heteroatoms. The Bertz CT molecular complexity index is 1080. The van der Waals surface area contributed by atoms with E-state index in [1.165, 1.54) is 0 Å². The van der Waals surface area contributed by atoms with Crippen molar-refractivity contribution in [2.75, 3.05) is 55.7 Å². The van der Waals surface area contributed by atoms with Gasteiger partial charge in [0.1, 0.15) is 0 Å². The number of halogens is 1. The predicted octanol–water partition coefficient (Wildman–Crippen LogP) is 3.76. The van der Waals surface area contributed by atoms with Crippen molar-refractivity contribution in [1.82, 2.24) is 10.2 Å². The van der Waals surface area contributed by atoms with Gasteiger partial charge in [0.15, 0.2) is 0 Å². The van der Waals surface area contributed by atoms with E-state index in [0.29, 0.717) is 33.5 Å². The highest BCUT2D eigenvalue weighted by molar-refractivity contribution is 7.84. The van der Waals surface area contributed by atoms with Gasteiger partial charge in [-0.2, -0.15) is 0 Å². The van der Waals surface area contributed by atoms with E-state index in [2.05, 4.69) is 15.5 Å². The minimum absolute atomic E-state index is 0.261. The number of hydrogen-bond acceptors (Lipinski definition) is 5. The van der Waals surface area contributed by atoms with Crippen LogP contribution in [-0.4, -0.2) is 66.4 Å². The average molecular weight is 517 g/mol. The summed E-state index contributed by atoms with van der Waals surface area (Å²) in [7, 11) is -1.17. The van der Waals surface area contributed by atoms with Gasteiger partial charge < -0.3 is 20.4 Å². The molecule has 2 aromatic rings. The molecule has 0 aromatic heterocycles. The fourth-order valence-electron chi connectivity index (χ4n) is 4.74. The number of anilines is 2. The minimum atomic E-state index is -1.17. The summed E-state index contributed by atoms with van der Waals surface area (Å²) in [6.07, 6.45) is 5.06. The summed E-state index contributed by atoms with van der Waals surface area (Å²) < 4.78 is 12.1. The first-order valence-electron chi connectivity index (χ1n) is 12.2. The second-order valence-electron chi connectivity index (χ2n) is 9.22. The first-order chi connectivity index (χ1) is 16.9. The summed E-state index contributed by atoms with van der Waals surface area (Å²) in [4.78, 5) is 30.6. The molecular formula is C26H33ClN4O3S. The molecule has 0 aliphatic carbocycles. The number of hydrogen-bond donors (Lipinski definition) is 2. The lowest BCUT2D eigenvalue weighted by Crippen LogP contribution is -2.39. The Morgan fingerprint density at radius 1 is 1.09 bits per heavy atom. The molecule has 35 heavy (non-hydrogen) atoms. The lowest BCUT2D eigenvalue weighted by molar-refractivity contribution is -0.132. The molecule has 7 nitrogen and oxygen atoms in total. The van der Waals surface area contributed by atoms with Crippen molar-refractivity contribution in [3.05, 3.63) is 53.1 Å². The second-order valence-corrected chi connectivity index (χ2v) is 11.0. The maximum absolute atomic E-state index is 12.9. The molecule has 188 valence electrons. The third kappa shape index (κ3) is 6.84. The summed E-state index contributed by atoms with van der Waals surface area (Å²) >= 11 is 6.06. The van der Waals surface area contributed by atoms with Gasteiger partial charge in [-0.1, -0.05) is 17.7 Å². The number of carbonyl (C=O) groups excluding carboxylic acids is 2. The largest absolute Gasteiger partial charge is 0.370 e. The number of piperidine rings is 1. The monoisotopic (exact) mass is 516 g/mol. The Morgan fingerprint density at radius 3 is 2.63 bits per heavy atom. The van der Waals surface area contributed by atoms with E-state index in [-0.39, 0.29) is 11.8 Å². The summed E-state index contributed by atoms with van der Waals surface area (Å²) in [5, 5.41) is 6.84. The Hall–Kier alpha value is -2.42. The maximum atomic E-state index is 12.9. The van der Waals surface area contributed by atoms with Gasteiger partial charge in [0, 0.05) is 71.7 Å². The van der Waals surface area contributed by atoms with E-state index in [4.69, 9.17) is 11.6 Å². The fraction of sp³-hybridized carbons (Fsp3) is 0.462. The first kappa shape index (κ1) is 25.7. The van der Waals surface area contributed by atoms with Crippen molar-refractivity contribution in [2.24, 2.45) is 5.92 Å². The third-order valence-corrected chi connectivity index (χ3v) is 7.90. The smallest absolute Gasteiger partial charge is 0.255 e. The van der Waals surface area contributed by atoms with Crippen LogP contribution in [-0.2, 0) is 15.6 Å². The van der Waals surface area contributed by atoms with Crippen LogP contribution in [0.1, 0.15) is 36.0 Å². The van der Waals surface area contributed by atoms with Crippen molar-refractivity contribution in [2.45, 2.75) is 30.6 Å². The highest BCUT2D eigenvalue weighted by atomic mass is 35.5. The van der Waals surface area contributed by atoms with Gasteiger partial charge in [-0.3, -0.25) is 13.8 Å². The van der Waals surface area contributed by atoms with Crippen LogP contribution in [0.5, 0.6) is 0 Å². The zero-order valence-corrected chi connectivity index (χ0v) is 21.7. The molecular weight excluding hydrogens is 484 g/mol. The van der Waals surface area contributed by atoms with Crippen LogP contribution < -0.4 is 15.5 Å². The third-order valence-electron chi connectivity index (χ3n) is 6.75. The maximum Gasteiger partial charge on any atom is 0.255 e. The van der Waals surface area contributed by atoms with E-state index in [1.807, 2.05) is 17.0 Å². The topological polar surface area (TPSA) is 81.8 Å². The molecule has 2 aromatic carbocycles. The van der Waals surface area contributed by atoms with Gasteiger partial charge >= 0.3 is 0 Å². The molecule has 0 radical (unpaired) electrons. The van der Waals surface area contributed by atoms with E-state index in [9.17, 15) is 13.8 Å². The Morgan fingerprint density at radius 2 is 1.89 bits per heavy atom. The van der Waals surface area contributed by atoms with Crippen LogP contribution in [0.4, 0.5) is 11.4 Å². The lowest BCUT2D eigenvalue weighted by Gasteiger charge is -2.35. The molecule has 2 heterocycles. The van der Waals surface area contributed by atoms with Gasteiger partial charge in [0.05, 0.1) is 11.4 Å². The fourth-order valence-corrected chi connectivity index (χ4v) is 5.48. The Labute approximate surface area is 214 Å². The van der Waals surface area contributed by atoms with Gasteiger partial charge in [-0.25, -0.2) is 0 Å². The summed E-state index contributed by atoms with van der Waals surface area (Å²) in [6, 6.07) is 12.4. The van der Waals surface area contributed by atoms with Gasteiger partial charge in [0.25, 0.3) is 5.91 Å². The standard InChI is InChI=1S/C26H33ClN4O3S/c1-35(34)22-6-7-24(23(18-22)29-26(33)20-4-2-5-21(27)17-20)30-13-8-19(9-14-30)16-25(32)31-12-3-10-28-11-15-31/h2,4-7,17-19,28H,3,8-16H2,1H3,(H,29,33). The molecule has 0 spiro atoms. The van der Waals surface area contributed by atoms with Gasteiger partial charge in [0.2, 0.25) is 5.91 Å². The van der Waals surface area contributed by atoms with Gasteiger partial charge in [-0.05, 0) is 68.1 Å². The number of nitrogens with one attached hydrogen (secondary N) is 2. The number of carbonyl (C=O) groups is 2. The molecule has 1 atom stereocenters. The SMILES string of the molecule is CS(=O)c1ccc(N2CCC(CC(=O)N3CCCNCC3)CC2)c(NC(=O)c2cccc(Cl)c2)c1. The molecule has 2 aliphatic heterocycles. The highest BCUT2D eigenvalue weighted by Crippen LogP contribution is 2.33. The van der Waals surface area contributed by atoms with Crippen LogP contribution in [0.25, 0.3) is 0 Å². The van der Waals surface area contributed by atoms with Crippen LogP contribution >= 0.6 is 11.6 Å². The van der Waals surface area contributed by atoms with Crippen molar-refractivity contribution in [3.63, 3.8) is 0 Å². The van der Waals surface area contributed by atoms with Crippen molar-refractivity contribution in [3.8, 4) is 0 Å². The molecule has 0 bridgehead atoms. The Kier molecular flexibility index (Phi) is 8.81. The van der Waals surface area contributed by atoms with E-state index in [1.54, 1.807) is 36.6 Å². The van der Waals surface area contributed by atoms with Crippen molar-refractivity contribution < 1.29 is 13.8 Å². The van der Waals surface area contributed by atoms with Crippen LogP contribution in [0.2, 0.25) is 5.02 Å². The van der Waals surface area contributed by atoms with Crippen LogP contribution in [0, 0.1) is 5.92 Å². The molecule has 0 saturated carbocycles. The second kappa shape index (κ2) is 12.0. The highest BCUT2D eigenvalue weighted by Gasteiger charge is 2.26. The molecule has 2 N–H and O–H groups in total. The van der Waals surface area contributed by atoms with Crippen molar-refractivity contribution in [1.29, 1.82) is 0 Å². The van der Waals surface area contributed by atoms with Crippen LogP contribution in [0.3, 0.4) is 0 Å². The quantitative estimate of drug-likeness (QED) is 0.611. The van der Waals surface area contributed by atoms with Gasteiger partial charge in [-0.15, -0.1) is 0 Å². The first-order valence-corrected chi connectivity index (χ1v) is 14.1. The van der Waals surface area contributed by atoms with E-state index in [0.717, 1.165) is 64.2 Å². The number of amides is 2. The molecule has 2 amide bonds. The van der Waals surface area contributed by atoms with Crippen LogP contribution in [0.15, 0.2) is 47.4 Å². The number of rotatable bonds is 6. The summed E-state index contributed by atoms with van der Waals surface area (Å²) in [5.74, 6) is 0.360. The zero-order chi connectivity index (χ0) is 24.8. The van der Waals surface area contributed by atoms with E-state index < -0.39 is 10.8 Å². The molecule has 2 fully saturated rings. The van der Waals surface area contributed by atoms with Crippen molar-refractivity contribution >= 4 is 45.6 Å². The molecule has 1 unspecified atom stereocenters. The molecule has 2 aliphatic rings.